The predicted molar refractivity (Wildman–Crippen MR) is 70.7 cm³/mol. The number of hydrogen-bond acceptors (Lipinski definition) is 6. The van der Waals surface area contributed by atoms with Gasteiger partial charge in [-0.1, -0.05) is 5.92 Å². The summed E-state index contributed by atoms with van der Waals surface area (Å²) in [6.45, 7) is 0.761. The Bertz CT molecular complexity index is 543. The van der Waals surface area contributed by atoms with E-state index in [1.165, 1.54) is 0 Å². The SMILES string of the molecule is C#CCSCCNc1nc(N)nc2nc[nH]c12. The quantitative estimate of drug-likeness (QED) is 0.533. The second-order valence-corrected chi connectivity index (χ2v) is 4.32. The van der Waals surface area contributed by atoms with Gasteiger partial charge in [0.1, 0.15) is 5.52 Å². The summed E-state index contributed by atoms with van der Waals surface area (Å²) in [6, 6.07) is 0. The van der Waals surface area contributed by atoms with Crippen LogP contribution in [-0.2, 0) is 0 Å². The Morgan fingerprint density at radius 3 is 3.24 bits per heavy atom. The number of thioether (sulfide) groups is 1. The van der Waals surface area contributed by atoms with E-state index in [0.717, 1.165) is 17.8 Å². The van der Waals surface area contributed by atoms with Crippen molar-refractivity contribution >= 4 is 34.7 Å². The minimum absolute atomic E-state index is 0.211. The molecule has 4 N–H and O–H groups in total. The molecule has 0 saturated carbocycles. The van der Waals surface area contributed by atoms with Crippen LogP contribution in [0, 0.1) is 12.3 Å². The maximum atomic E-state index is 5.59. The molecular formula is C10H12N6S. The van der Waals surface area contributed by atoms with E-state index in [2.05, 4.69) is 31.2 Å². The van der Waals surface area contributed by atoms with Crippen LogP contribution in [0.3, 0.4) is 0 Å². The maximum absolute atomic E-state index is 5.59. The van der Waals surface area contributed by atoms with Crippen molar-refractivity contribution < 1.29 is 0 Å². The number of nitrogens with zero attached hydrogens (tertiary/aromatic N) is 3. The maximum Gasteiger partial charge on any atom is 0.224 e. The molecule has 2 rings (SSSR count). The Hall–Kier alpha value is -1.94. The van der Waals surface area contributed by atoms with Gasteiger partial charge < -0.3 is 16.0 Å². The summed E-state index contributed by atoms with van der Waals surface area (Å²) in [5.41, 5.74) is 6.92. The van der Waals surface area contributed by atoms with E-state index < -0.39 is 0 Å². The van der Waals surface area contributed by atoms with Crippen LogP contribution in [0.25, 0.3) is 11.2 Å². The van der Waals surface area contributed by atoms with Crippen molar-refractivity contribution in [3.05, 3.63) is 6.33 Å². The number of hydrogen-bond donors (Lipinski definition) is 3. The molecule has 0 aromatic carbocycles. The van der Waals surface area contributed by atoms with Crippen molar-refractivity contribution in [1.29, 1.82) is 0 Å². The van der Waals surface area contributed by atoms with Gasteiger partial charge in [0.2, 0.25) is 5.95 Å². The van der Waals surface area contributed by atoms with Gasteiger partial charge in [-0.3, -0.25) is 0 Å². The number of rotatable bonds is 5. The van der Waals surface area contributed by atoms with Crippen molar-refractivity contribution in [3.8, 4) is 12.3 Å². The van der Waals surface area contributed by atoms with Crippen LogP contribution in [0.5, 0.6) is 0 Å². The zero-order valence-electron chi connectivity index (χ0n) is 9.10. The smallest absolute Gasteiger partial charge is 0.224 e. The van der Waals surface area contributed by atoms with Crippen molar-refractivity contribution in [2.24, 2.45) is 0 Å². The number of nitrogen functional groups attached to an aromatic ring is 1. The molecule has 0 aliphatic carbocycles. The summed E-state index contributed by atoms with van der Waals surface area (Å²) in [5.74, 6) is 5.08. The van der Waals surface area contributed by atoms with Gasteiger partial charge in [0.25, 0.3) is 0 Å². The number of fused-ring (bicyclic) bond motifs is 1. The molecule has 2 aromatic rings. The Morgan fingerprint density at radius 1 is 1.53 bits per heavy atom. The molecule has 2 aromatic heterocycles. The second-order valence-electron chi connectivity index (χ2n) is 3.22. The van der Waals surface area contributed by atoms with Gasteiger partial charge >= 0.3 is 0 Å². The van der Waals surface area contributed by atoms with Crippen LogP contribution in [0.4, 0.5) is 11.8 Å². The van der Waals surface area contributed by atoms with Gasteiger partial charge in [-0.15, -0.1) is 18.2 Å². The Balaban J connectivity index is 2.03. The third-order valence-corrected chi connectivity index (χ3v) is 2.89. The van der Waals surface area contributed by atoms with Gasteiger partial charge in [0, 0.05) is 12.3 Å². The topological polar surface area (TPSA) is 92.5 Å². The van der Waals surface area contributed by atoms with Crippen LogP contribution in [0.1, 0.15) is 0 Å². The van der Waals surface area contributed by atoms with E-state index in [0.29, 0.717) is 17.2 Å². The van der Waals surface area contributed by atoms with E-state index >= 15 is 0 Å². The summed E-state index contributed by atoms with van der Waals surface area (Å²) in [7, 11) is 0. The Labute approximate surface area is 103 Å². The molecule has 7 heteroatoms. The van der Waals surface area contributed by atoms with Gasteiger partial charge in [-0.2, -0.15) is 9.97 Å². The third kappa shape index (κ3) is 2.79. The molecular weight excluding hydrogens is 236 g/mol. The Kier molecular flexibility index (Phi) is 3.67. The first-order chi connectivity index (χ1) is 8.31. The lowest BCUT2D eigenvalue weighted by atomic mass is 10.5. The summed E-state index contributed by atoms with van der Waals surface area (Å²) in [6.07, 6.45) is 6.73. The molecule has 0 bridgehead atoms. The fourth-order valence-corrected chi connectivity index (χ4v) is 1.86. The fourth-order valence-electron chi connectivity index (χ4n) is 1.35. The van der Waals surface area contributed by atoms with E-state index in [4.69, 9.17) is 12.2 Å². The lowest BCUT2D eigenvalue weighted by Gasteiger charge is -2.05. The normalized spacial score (nSPS) is 10.3. The Morgan fingerprint density at radius 2 is 2.41 bits per heavy atom. The minimum atomic E-state index is 0.211. The molecule has 17 heavy (non-hydrogen) atoms. The van der Waals surface area contributed by atoms with E-state index in [1.807, 2.05) is 0 Å². The van der Waals surface area contributed by atoms with Crippen LogP contribution in [-0.4, -0.2) is 38.0 Å². The molecule has 0 spiro atoms. The molecule has 0 radical (unpaired) electrons. The highest BCUT2D eigenvalue weighted by atomic mass is 32.2. The third-order valence-electron chi connectivity index (χ3n) is 2.03. The van der Waals surface area contributed by atoms with Gasteiger partial charge in [0.05, 0.1) is 12.1 Å². The number of nitrogens with one attached hydrogen (secondary N) is 2. The van der Waals surface area contributed by atoms with E-state index in [9.17, 15) is 0 Å². The molecule has 2 heterocycles. The van der Waals surface area contributed by atoms with Crippen LogP contribution in [0.15, 0.2) is 6.33 Å². The number of H-pyrrole nitrogens is 1. The van der Waals surface area contributed by atoms with Crippen molar-refractivity contribution in [3.63, 3.8) is 0 Å². The number of nitrogens with two attached hydrogens (primary N) is 1. The van der Waals surface area contributed by atoms with E-state index in [1.54, 1.807) is 18.1 Å². The summed E-state index contributed by atoms with van der Waals surface area (Å²) in [4.78, 5) is 15.1. The standard InChI is InChI=1S/C10H12N6S/c1-2-4-17-5-3-12-8-7-9(14-6-13-7)16-10(11)15-8/h1,6H,3-5H2,(H4,11,12,13,14,15,16). The zero-order valence-corrected chi connectivity index (χ0v) is 9.92. The first-order valence-electron chi connectivity index (χ1n) is 5.03. The highest BCUT2D eigenvalue weighted by molar-refractivity contribution is 7.99. The molecule has 0 unspecified atom stereocenters. The van der Waals surface area contributed by atoms with Crippen LogP contribution >= 0.6 is 11.8 Å². The number of aromatic amines is 1. The van der Waals surface area contributed by atoms with Crippen LogP contribution in [0.2, 0.25) is 0 Å². The highest BCUT2D eigenvalue weighted by Gasteiger charge is 2.07. The first kappa shape index (κ1) is 11.5. The molecule has 0 saturated heterocycles. The number of anilines is 2. The lowest BCUT2D eigenvalue weighted by Crippen LogP contribution is -2.08. The molecule has 0 fully saturated rings. The second kappa shape index (κ2) is 5.41. The minimum Gasteiger partial charge on any atom is -0.368 e. The molecule has 0 amide bonds. The van der Waals surface area contributed by atoms with Crippen molar-refractivity contribution in [2.45, 2.75) is 0 Å². The molecule has 0 aliphatic heterocycles. The zero-order chi connectivity index (χ0) is 12.1. The number of terminal acetylenes is 1. The average molecular weight is 248 g/mol. The summed E-state index contributed by atoms with van der Waals surface area (Å²) in [5, 5.41) is 3.18. The molecule has 0 aliphatic rings. The molecule has 6 nitrogen and oxygen atoms in total. The van der Waals surface area contributed by atoms with Crippen molar-refractivity contribution in [2.75, 3.05) is 29.1 Å². The monoisotopic (exact) mass is 248 g/mol. The van der Waals surface area contributed by atoms with Gasteiger partial charge in [-0.05, 0) is 0 Å². The van der Waals surface area contributed by atoms with E-state index in [-0.39, 0.29) is 5.95 Å². The molecule has 88 valence electrons. The van der Waals surface area contributed by atoms with Gasteiger partial charge in [0.15, 0.2) is 11.5 Å². The lowest BCUT2D eigenvalue weighted by molar-refractivity contribution is 1.15. The van der Waals surface area contributed by atoms with Crippen molar-refractivity contribution in [1.82, 2.24) is 19.9 Å². The summed E-state index contributed by atoms with van der Waals surface area (Å²) < 4.78 is 0. The number of imidazole rings is 1. The summed E-state index contributed by atoms with van der Waals surface area (Å²) >= 11 is 1.69. The highest BCUT2D eigenvalue weighted by Crippen LogP contribution is 2.17. The largest absolute Gasteiger partial charge is 0.368 e. The fraction of sp³-hybridized carbons (Fsp3) is 0.300. The molecule has 0 atom stereocenters. The predicted octanol–water partition coefficient (Wildman–Crippen LogP) is 0.713. The average Bonchev–Trinajstić information content (AvgIpc) is 2.76. The van der Waals surface area contributed by atoms with Crippen LogP contribution < -0.4 is 11.1 Å². The first-order valence-corrected chi connectivity index (χ1v) is 6.18. The number of aromatic nitrogens is 4. The van der Waals surface area contributed by atoms with Gasteiger partial charge in [-0.25, -0.2) is 4.98 Å².